The third kappa shape index (κ3) is 10.9. The summed E-state index contributed by atoms with van der Waals surface area (Å²) in [5, 5.41) is 5.79. The van der Waals surface area contributed by atoms with E-state index < -0.39 is 11.6 Å². The van der Waals surface area contributed by atoms with E-state index in [1.165, 1.54) is 46.8 Å². The van der Waals surface area contributed by atoms with Crippen molar-refractivity contribution in [3.8, 4) is 22.8 Å². The lowest BCUT2D eigenvalue weighted by atomic mass is 9.83. The van der Waals surface area contributed by atoms with Gasteiger partial charge in [-0.2, -0.15) is 0 Å². The number of pyridine rings is 4. The summed E-state index contributed by atoms with van der Waals surface area (Å²) >= 11 is 6.34. The number of ether oxygens (including phenoxy) is 6. The highest BCUT2D eigenvalue weighted by atomic mass is 35.5. The fourth-order valence-corrected chi connectivity index (χ4v) is 12.0. The summed E-state index contributed by atoms with van der Waals surface area (Å²) in [4.78, 5) is 25.4. The summed E-state index contributed by atoms with van der Waals surface area (Å²) in [5.74, 6) is -1.74. The molecule has 10 heterocycles. The predicted molar refractivity (Wildman–Crippen MR) is 314 cm³/mol. The molecule has 0 bridgehead atoms. The van der Waals surface area contributed by atoms with Gasteiger partial charge in [0.2, 0.25) is 0 Å². The largest absolute Gasteiger partial charge is 0.384 e. The Morgan fingerprint density at radius 2 is 1.06 bits per heavy atom. The van der Waals surface area contributed by atoms with E-state index in [9.17, 15) is 8.78 Å². The standard InChI is InChI=1S/C32H33FN4O3.C17H24N2O3.C15H10ClFN2/c1-21-29(26-6-4-5-11-34-26)35-27-16-22(33)7-9-24(27)30(21)37-18-32(19-39-31(2,3)40-20-32)25-10-8-23(17-28(25)37)36-12-14-38-15-13-36;1-16(2)21-11-17(12-22-16)10-18-15-9-13(3-4-14(15)17)19-5-7-20-8-6-19;1-9-14(16)11-6-5-10(17)8-13(11)19-15(9)12-4-2-3-7-18-12/h4-11,16-17H,12-15,18-20H2,1-3H3;3-4,9,18H,5-8,10-12H2,1-2H3;2-8H,1H3. The van der Waals surface area contributed by atoms with Crippen LogP contribution in [0, 0.1) is 25.5 Å². The van der Waals surface area contributed by atoms with Crippen molar-refractivity contribution in [1.29, 1.82) is 0 Å². The number of hydrogen-bond acceptors (Lipinski definition) is 14. The minimum absolute atomic E-state index is 0.0472. The van der Waals surface area contributed by atoms with E-state index in [4.69, 9.17) is 45.0 Å². The van der Waals surface area contributed by atoms with Crippen LogP contribution in [0.4, 0.5) is 37.2 Å². The number of anilines is 5. The fraction of sp³-hybridized carbons (Fsp3) is 0.375. The first-order valence-corrected chi connectivity index (χ1v) is 28.2. The van der Waals surface area contributed by atoms with Gasteiger partial charge in [-0.15, -0.1) is 0 Å². The minimum Gasteiger partial charge on any atom is -0.384 e. The van der Waals surface area contributed by atoms with Gasteiger partial charge in [0.25, 0.3) is 0 Å². The van der Waals surface area contributed by atoms with Crippen LogP contribution in [-0.2, 0) is 39.3 Å². The zero-order valence-corrected chi connectivity index (χ0v) is 47.4. The molecule has 4 aromatic carbocycles. The zero-order valence-electron chi connectivity index (χ0n) is 46.7. The molecule has 2 spiro atoms. The van der Waals surface area contributed by atoms with Crippen LogP contribution >= 0.6 is 11.6 Å². The predicted octanol–water partition coefficient (Wildman–Crippen LogP) is 12.1. The summed E-state index contributed by atoms with van der Waals surface area (Å²) in [6.07, 6.45) is 3.46. The molecule has 6 aliphatic heterocycles. The Morgan fingerprint density at radius 3 is 1.62 bits per heavy atom. The van der Waals surface area contributed by atoms with Crippen LogP contribution in [0.15, 0.2) is 122 Å². The van der Waals surface area contributed by atoms with Gasteiger partial charge in [0.15, 0.2) is 11.6 Å². The second-order valence-electron chi connectivity index (χ2n) is 22.7. The number of halogens is 3. The van der Waals surface area contributed by atoms with Gasteiger partial charge in [0.1, 0.15) is 11.6 Å². The van der Waals surface area contributed by atoms with Crippen molar-refractivity contribution in [2.75, 3.05) is 112 Å². The number of morpholine rings is 2. The maximum atomic E-state index is 14.5. The second-order valence-corrected chi connectivity index (χ2v) is 23.0. The molecule has 4 saturated heterocycles. The first-order chi connectivity index (χ1) is 39.1. The SMILES string of the molecule is CC1(C)OCC2(CNc3cc(N4CCOCC4)ccc32)CO1.Cc1c(-c2ccccn2)nc2cc(F)ccc2c1Cl.Cc1c(-c2ccccn2)nc2cc(F)ccc2c1N1CC2(COC(C)(C)OC2)c2ccc(N3CCOCC3)cc21. The van der Waals surface area contributed by atoms with Crippen LogP contribution in [0.25, 0.3) is 44.6 Å². The van der Waals surface area contributed by atoms with Gasteiger partial charge >= 0.3 is 0 Å². The summed E-state index contributed by atoms with van der Waals surface area (Å²) in [6, 6.07) is 34.1. The van der Waals surface area contributed by atoms with Gasteiger partial charge in [0, 0.05) is 103 Å². The number of nitrogens with zero attached hydrogens (tertiary/aromatic N) is 7. The topological polar surface area (TPSA) is 129 Å². The number of benzene rings is 4. The van der Waals surface area contributed by atoms with Crippen LogP contribution in [0.2, 0.25) is 5.02 Å². The lowest BCUT2D eigenvalue weighted by Gasteiger charge is -2.42. The molecule has 0 aliphatic carbocycles. The molecule has 0 unspecified atom stereocenters. The lowest BCUT2D eigenvalue weighted by Crippen LogP contribution is -2.51. The molecule has 14 nitrogen and oxygen atoms in total. The van der Waals surface area contributed by atoms with Crippen molar-refractivity contribution in [1.82, 2.24) is 19.9 Å². The minimum atomic E-state index is -0.629. The summed E-state index contributed by atoms with van der Waals surface area (Å²) in [5.41, 5.74) is 13.8. The molecule has 4 fully saturated rings. The molecule has 14 rings (SSSR count). The van der Waals surface area contributed by atoms with E-state index in [0.29, 0.717) is 67.9 Å². The quantitative estimate of drug-likeness (QED) is 0.175. The van der Waals surface area contributed by atoms with Gasteiger partial charge in [-0.3, -0.25) is 9.97 Å². The fourth-order valence-electron chi connectivity index (χ4n) is 11.8. The molecule has 17 heteroatoms. The molecule has 420 valence electrons. The van der Waals surface area contributed by atoms with Crippen LogP contribution in [0.3, 0.4) is 0 Å². The highest BCUT2D eigenvalue weighted by Crippen LogP contribution is 2.52. The molecule has 0 radical (unpaired) electrons. The molecular weight excluding hydrogens is 1050 g/mol. The molecular formula is C64H67ClF2N8O6. The molecule has 8 aromatic rings. The Hall–Kier alpha value is -6.89. The third-order valence-corrected chi connectivity index (χ3v) is 16.9. The van der Waals surface area contributed by atoms with Crippen molar-refractivity contribution in [3.63, 3.8) is 0 Å². The van der Waals surface area contributed by atoms with E-state index in [1.807, 2.05) is 77.1 Å². The highest BCUT2D eigenvalue weighted by Gasteiger charge is 2.50. The molecule has 0 saturated carbocycles. The Bertz CT molecular complexity index is 3600. The Kier molecular flexibility index (Phi) is 14.9. The van der Waals surface area contributed by atoms with E-state index in [0.717, 1.165) is 102 Å². The van der Waals surface area contributed by atoms with Crippen LogP contribution in [-0.4, -0.2) is 124 Å². The number of hydrogen-bond donors (Lipinski definition) is 1. The lowest BCUT2D eigenvalue weighted by molar-refractivity contribution is -0.267. The van der Waals surface area contributed by atoms with Crippen molar-refractivity contribution in [3.05, 3.63) is 160 Å². The average molecular weight is 1120 g/mol. The zero-order chi connectivity index (χ0) is 56.1. The first-order valence-electron chi connectivity index (χ1n) is 27.8. The van der Waals surface area contributed by atoms with Crippen molar-refractivity contribution in [2.45, 2.75) is 63.9 Å². The molecule has 0 atom stereocenters. The first kappa shape index (κ1) is 54.7. The third-order valence-electron chi connectivity index (χ3n) is 16.4. The number of rotatable bonds is 5. The van der Waals surface area contributed by atoms with Crippen molar-refractivity contribution >= 4 is 61.8 Å². The van der Waals surface area contributed by atoms with E-state index >= 15 is 0 Å². The van der Waals surface area contributed by atoms with Crippen molar-refractivity contribution < 1.29 is 37.2 Å². The molecule has 0 amide bonds. The van der Waals surface area contributed by atoms with Gasteiger partial charge < -0.3 is 48.4 Å². The smallest absolute Gasteiger partial charge is 0.162 e. The molecule has 4 aromatic heterocycles. The van der Waals surface area contributed by atoms with Gasteiger partial charge in [0.05, 0.1) is 108 Å². The average Bonchev–Trinajstić information content (AvgIpc) is 4.26. The van der Waals surface area contributed by atoms with Crippen LogP contribution in [0.1, 0.15) is 49.9 Å². The Morgan fingerprint density at radius 1 is 0.556 bits per heavy atom. The maximum absolute atomic E-state index is 14.5. The summed E-state index contributed by atoms with van der Waals surface area (Å²) in [6.45, 7) is 22.6. The summed E-state index contributed by atoms with van der Waals surface area (Å²) in [7, 11) is 0. The molecule has 1 N–H and O–H groups in total. The number of nitrogens with one attached hydrogen (secondary N) is 1. The van der Waals surface area contributed by atoms with Crippen LogP contribution < -0.4 is 20.0 Å². The maximum Gasteiger partial charge on any atom is 0.162 e. The molecule has 6 aliphatic rings. The Balaban J connectivity index is 0.000000133. The molecule has 81 heavy (non-hydrogen) atoms. The van der Waals surface area contributed by atoms with Crippen LogP contribution in [0.5, 0.6) is 0 Å². The van der Waals surface area contributed by atoms with E-state index in [2.05, 4.69) is 78.3 Å². The van der Waals surface area contributed by atoms with Gasteiger partial charge in [-0.05, 0) is 131 Å². The van der Waals surface area contributed by atoms with Crippen molar-refractivity contribution in [2.24, 2.45) is 0 Å². The van der Waals surface area contributed by atoms with Gasteiger partial charge in [-0.1, -0.05) is 35.9 Å². The van der Waals surface area contributed by atoms with E-state index in [-0.39, 0.29) is 22.5 Å². The second kappa shape index (κ2) is 22.1. The normalized spacial score (nSPS) is 19.3. The number of aromatic nitrogens is 4. The van der Waals surface area contributed by atoms with Gasteiger partial charge in [-0.25, -0.2) is 18.7 Å². The highest BCUT2D eigenvalue weighted by molar-refractivity contribution is 6.36. The number of fused-ring (bicyclic) bond motifs is 6. The monoisotopic (exact) mass is 1120 g/mol. The van der Waals surface area contributed by atoms with E-state index in [1.54, 1.807) is 18.5 Å². The summed E-state index contributed by atoms with van der Waals surface area (Å²) < 4.78 is 63.2. The Labute approximate surface area is 476 Å².